The van der Waals surface area contributed by atoms with E-state index in [1.165, 1.54) is 6.07 Å². The minimum absolute atomic E-state index is 0.0490. The maximum atomic E-state index is 13.6. The number of nitrogens with two attached hydrogens (primary N) is 1. The molecule has 0 saturated heterocycles. The van der Waals surface area contributed by atoms with E-state index in [0.29, 0.717) is 14.9 Å². The topological polar surface area (TPSA) is 50.9 Å². The van der Waals surface area contributed by atoms with Crippen LogP contribution in [0.1, 0.15) is 28.5 Å². The van der Waals surface area contributed by atoms with Gasteiger partial charge in [0.1, 0.15) is 5.82 Å². The molecule has 3 N–H and O–H groups in total. The summed E-state index contributed by atoms with van der Waals surface area (Å²) in [6.45, 7) is 5.98. The van der Waals surface area contributed by atoms with Crippen LogP contribution in [-0.2, 0) is 0 Å². The molecule has 1 atom stereocenters. The van der Waals surface area contributed by atoms with Gasteiger partial charge in [-0.3, -0.25) is 0 Å². The highest BCUT2D eigenvalue weighted by molar-refractivity contribution is 14.1. The lowest BCUT2D eigenvalue weighted by Crippen LogP contribution is -2.09. The molecule has 0 aliphatic heterocycles. The second-order valence-corrected chi connectivity index (χ2v) is 6.80. The largest absolute Gasteiger partial charge is 0.397 e. The maximum absolute atomic E-state index is 13.6. The summed E-state index contributed by atoms with van der Waals surface area (Å²) in [4.78, 5) is 5.55. The summed E-state index contributed by atoms with van der Waals surface area (Å²) in [7, 11) is 0. The van der Waals surface area contributed by atoms with Crippen LogP contribution in [0.4, 0.5) is 15.8 Å². The Morgan fingerprint density at radius 3 is 2.68 bits per heavy atom. The number of nitrogen functional groups attached to an aromatic ring is 1. The molecule has 1 aromatic heterocycles. The average Bonchev–Trinajstić information content (AvgIpc) is 2.65. The number of anilines is 2. The quantitative estimate of drug-likeness (QED) is 0.607. The fraction of sp³-hybridized carbons (Fsp3) is 0.308. The van der Waals surface area contributed by atoms with Gasteiger partial charge < -0.3 is 11.1 Å². The zero-order valence-electron chi connectivity index (χ0n) is 10.9. The Kier molecular flexibility index (Phi) is 4.29. The molecule has 0 aliphatic rings. The second kappa shape index (κ2) is 5.62. The molecule has 1 unspecified atom stereocenters. The highest BCUT2D eigenvalue weighted by Crippen LogP contribution is 2.31. The van der Waals surface area contributed by atoms with Crippen molar-refractivity contribution in [3.05, 3.63) is 37.1 Å². The van der Waals surface area contributed by atoms with Gasteiger partial charge in [0.25, 0.3) is 0 Å². The van der Waals surface area contributed by atoms with Crippen LogP contribution >= 0.6 is 33.9 Å². The van der Waals surface area contributed by atoms with E-state index in [4.69, 9.17) is 5.73 Å². The fourth-order valence-corrected chi connectivity index (χ4v) is 3.36. The van der Waals surface area contributed by atoms with Gasteiger partial charge in [-0.2, -0.15) is 0 Å². The van der Waals surface area contributed by atoms with Crippen molar-refractivity contribution < 1.29 is 4.39 Å². The number of halogens is 2. The molecule has 0 spiro atoms. The molecule has 0 aliphatic carbocycles. The summed E-state index contributed by atoms with van der Waals surface area (Å²) < 4.78 is 14.1. The zero-order valence-corrected chi connectivity index (χ0v) is 13.9. The first-order valence-electron chi connectivity index (χ1n) is 5.83. The Labute approximate surface area is 129 Å². The SMILES string of the molecule is Cc1nc(C)c(C(C)Nc2cc(F)c(I)cc2N)s1. The summed E-state index contributed by atoms with van der Waals surface area (Å²) in [5, 5.41) is 4.28. The van der Waals surface area contributed by atoms with E-state index in [9.17, 15) is 4.39 Å². The van der Waals surface area contributed by atoms with Crippen LogP contribution in [0.2, 0.25) is 0 Å². The Morgan fingerprint density at radius 1 is 1.42 bits per heavy atom. The van der Waals surface area contributed by atoms with E-state index < -0.39 is 0 Å². The Morgan fingerprint density at radius 2 is 2.11 bits per heavy atom. The Bertz CT molecular complexity index is 612. The molecule has 0 amide bonds. The van der Waals surface area contributed by atoms with Crippen LogP contribution in [-0.4, -0.2) is 4.98 Å². The molecule has 19 heavy (non-hydrogen) atoms. The maximum Gasteiger partial charge on any atom is 0.138 e. The molecule has 102 valence electrons. The molecular weight excluding hydrogens is 376 g/mol. The van der Waals surface area contributed by atoms with Gasteiger partial charge >= 0.3 is 0 Å². The van der Waals surface area contributed by atoms with Crippen molar-refractivity contribution >= 4 is 45.3 Å². The van der Waals surface area contributed by atoms with Crippen molar-refractivity contribution in [1.82, 2.24) is 4.98 Å². The Balaban J connectivity index is 2.26. The minimum Gasteiger partial charge on any atom is -0.397 e. The van der Waals surface area contributed by atoms with E-state index >= 15 is 0 Å². The van der Waals surface area contributed by atoms with Crippen molar-refractivity contribution in [2.24, 2.45) is 0 Å². The molecule has 0 saturated carbocycles. The number of aryl methyl sites for hydroxylation is 2. The van der Waals surface area contributed by atoms with Crippen molar-refractivity contribution in [2.75, 3.05) is 11.1 Å². The van der Waals surface area contributed by atoms with E-state index in [2.05, 4.69) is 10.3 Å². The van der Waals surface area contributed by atoms with Crippen LogP contribution in [0.3, 0.4) is 0 Å². The summed E-state index contributed by atoms with van der Waals surface area (Å²) in [6.07, 6.45) is 0. The first kappa shape index (κ1) is 14.5. The normalized spacial score (nSPS) is 12.5. The lowest BCUT2D eigenvalue weighted by molar-refractivity contribution is 0.620. The van der Waals surface area contributed by atoms with Gasteiger partial charge in [-0.05, 0) is 49.4 Å². The number of hydrogen-bond donors (Lipinski definition) is 2. The lowest BCUT2D eigenvalue weighted by atomic mass is 10.2. The Hall–Kier alpha value is -0.890. The fourth-order valence-electron chi connectivity index (χ4n) is 1.93. The number of benzene rings is 1. The van der Waals surface area contributed by atoms with Crippen LogP contribution in [0, 0.1) is 23.2 Å². The summed E-state index contributed by atoms with van der Waals surface area (Å²) >= 11 is 3.58. The third kappa shape index (κ3) is 3.17. The van der Waals surface area contributed by atoms with Crippen molar-refractivity contribution in [2.45, 2.75) is 26.8 Å². The number of thiazole rings is 1. The third-order valence-electron chi connectivity index (χ3n) is 2.80. The first-order valence-corrected chi connectivity index (χ1v) is 7.73. The van der Waals surface area contributed by atoms with Crippen LogP contribution < -0.4 is 11.1 Å². The molecule has 1 heterocycles. The molecule has 0 radical (unpaired) electrons. The standard InChI is InChI=1S/C13H15FIN3S/c1-6-13(19-8(3)17-6)7(2)18-12-4-9(14)10(15)5-11(12)16/h4-5,7,18H,16H2,1-3H3. The van der Waals surface area contributed by atoms with Gasteiger partial charge in [0, 0.05) is 10.9 Å². The summed E-state index contributed by atoms with van der Waals surface area (Å²) in [5.41, 5.74) is 8.09. The molecule has 2 rings (SSSR count). The number of hydrogen-bond acceptors (Lipinski definition) is 4. The molecular formula is C13H15FIN3S. The van der Waals surface area contributed by atoms with Crippen molar-refractivity contribution in [3.8, 4) is 0 Å². The molecule has 1 aromatic carbocycles. The monoisotopic (exact) mass is 391 g/mol. The van der Waals surface area contributed by atoms with Gasteiger partial charge in [0.05, 0.1) is 31.7 Å². The van der Waals surface area contributed by atoms with Gasteiger partial charge in [-0.1, -0.05) is 0 Å². The number of aromatic nitrogens is 1. The third-order valence-corrected chi connectivity index (χ3v) is 4.88. The molecule has 3 nitrogen and oxygen atoms in total. The van der Waals surface area contributed by atoms with E-state index in [1.54, 1.807) is 17.4 Å². The number of rotatable bonds is 3. The highest BCUT2D eigenvalue weighted by Gasteiger charge is 2.15. The first-order chi connectivity index (χ1) is 8.88. The number of nitrogens with one attached hydrogen (secondary N) is 1. The predicted octanol–water partition coefficient (Wildman–Crippen LogP) is 4.26. The summed E-state index contributed by atoms with van der Waals surface area (Å²) in [5.74, 6) is -0.262. The predicted molar refractivity (Wildman–Crippen MR) is 87.2 cm³/mol. The second-order valence-electron chi connectivity index (χ2n) is 4.40. The van der Waals surface area contributed by atoms with E-state index in [1.807, 2.05) is 43.4 Å². The highest BCUT2D eigenvalue weighted by atomic mass is 127. The minimum atomic E-state index is -0.262. The van der Waals surface area contributed by atoms with Crippen LogP contribution in [0.5, 0.6) is 0 Å². The van der Waals surface area contributed by atoms with Crippen LogP contribution in [0.25, 0.3) is 0 Å². The average molecular weight is 391 g/mol. The van der Waals surface area contributed by atoms with Crippen molar-refractivity contribution in [1.29, 1.82) is 0 Å². The summed E-state index contributed by atoms with van der Waals surface area (Å²) in [6, 6.07) is 3.12. The molecule has 0 bridgehead atoms. The van der Waals surface area contributed by atoms with E-state index in [0.717, 1.165) is 15.6 Å². The smallest absolute Gasteiger partial charge is 0.138 e. The van der Waals surface area contributed by atoms with Gasteiger partial charge in [0.2, 0.25) is 0 Å². The molecule has 2 aromatic rings. The van der Waals surface area contributed by atoms with Crippen LogP contribution in [0.15, 0.2) is 12.1 Å². The van der Waals surface area contributed by atoms with Gasteiger partial charge in [-0.25, -0.2) is 9.37 Å². The van der Waals surface area contributed by atoms with Crippen molar-refractivity contribution in [3.63, 3.8) is 0 Å². The zero-order chi connectivity index (χ0) is 14.2. The number of nitrogens with zero attached hydrogens (tertiary/aromatic N) is 1. The van der Waals surface area contributed by atoms with E-state index in [-0.39, 0.29) is 11.9 Å². The lowest BCUT2D eigenvalue weighted by Gasteiger charge is -2.16. The van der Waals surface area contributed by atoms with Gasteiger partial charge in [-0.15, -0.1) is 11.3 Å². The van der Waals surface area contributed by atoms with Gasteiger partial charge in [0.15, 0.2) is 0 Å². The molecule has 0 fully saturated rings. The molecule has 6 heteroatoms.